The van der Waals surface area contributed by atoms with Gasteiger partial charge in [-0.25, -0.2) is 0 Å². The molecule has 2 aromatic rings. The predicted octanol–water partition coefficient (Wildman–Crippen LogP) is 0.920. The molecule has 0 fully saturated rings. The van der Waals surface area contributed by atoms with Crippen molar-refractivity contribution < 1.29 is 14.6 Å². The minimum atomic E-state index is -1.20. The highest BCUT2D eigenvalue weighted by Crippen LogP contribution is 2.21. The molecule has 1 heterocycles. The van der Waals surface area contributed by atoms with Gasteiger partial charge in [0.2, 0.25) is 0 Å². The minimum Gasteiger partial charge on any atom is -0.545 e. The Hall–Kier alpha value is -2.30. The van der Waals surface area contributed by atoms with Gasteiger partial charge in [0.05, 0.1) is 25.3 Å². The molecule has 1 aromatic carbocycles. The van der Waals surface area contributed by atoms with Crippen molar-refractivity contribution in [2.75, 3.05) is 7.11 Å². The van der Waals surface area contributed by atoms with E-state index in [4.69, 9.17) is 4.74 Å². The maximum absolute atomic E-state index is 10.9. The highest BCUT2D eigenvalue weighted by atomic mass is 16.5. The second-order valence-electron chi connectivity index (χ2n) is 4.40. The average molecular weight is 259 g/mol. The minimum absolute atomic E-state index is 0.136. The lowest BCUT2D eigenvalue weighted by atomic mass is 10.1. The number of carboxylic acids is 1. The van der Waals surface area contributed by atoms with Crippen molar-refractivity contribution in [1.29, 1.82) is 0 Å². The zero-order valence-corrected chi connectivity index (χ0v) is 11.1. The predicted molar refractivity (Wildman–Crippen MR) is 68.1 cm³/mol. The molecular formula is C14H15N2O3-. The number of ether oxygens (including phenoxy) is 1. The molecule has 0 atom stereocenters. The van der Waals surface area contributed by atoms with Gasteiger partial charge in [-0.3, -0.25) is 4.68 Å². The van der Waals surface area contributed by atoms with Crippen LogP contribution in [-0.2, 0) is 6.54 Å². The fourth-order valence-corrected chi connectivity index (χ4v) is 2.03. The summed E-state index contributed by atoms with van der Waals surface area (Å²) >= 11 is 0. The van der Waals surface area contributed by atoms with E-state index in [1.54, 1.807) is 19.2 Å². The van der Waals surface area contributed by atoms with Crippen LogP contribution in [0, 0.1) is 13.8 Å². The van der Waals surface area contributed by atoms with Gasteiger partial charge in [-0.1, -0.05) is 0 Å². The van der Waals surface area contributed by atoms with Gasteiger partial charge in [-0.15, -0.1) is 0 Å². The van der Waals surface area contributed by atoms with Crippen molar-refractivity contribution in [3.63, 3.8) is 0 Å². The van der Waals surface area contributed by atoms with E-state index >= 15 is 0 Å². The molecule has 0 saturated carbocycles. The van der Waals surface area contributed by atoms with Crippen LogP contribution in [0.3, 0.4) is 0 Å². The first kappa shape index (κ1) is 13.1. The monoisotopic (exact) mass is 259 g/mol. The van der Waals surface area contributed by atoms with Crippen LogP contribution in [0.25, 0.3) is 0 Å². The van der Waals surface area contributed by atoms with Gasteiger partial charge in [0, 0.05) is 11.3 Å². The molecule has 2 rings (SSSR count). The van der Waals surface area contributed by atoms with E-state index in [1.807, 2.05) is 24.6 Å². The van der Waals surface area contributed by atoms with Crippen LogP contribution in [0.4, 0.5) is 0 Å². The third-order valence-electron chi connectivity index (χ3n) is 2.94. The number of nitrogens with zero attached hydrogens (tertiary/aromatic N) is 2. The number of benzene rings is 1. The maximum Gasteiger partial charge on any atom is 0.123 e. The molecule has 19 heavy (non-hydrogen) atoms. The number of carbonyl (C=O) groups is 1. The Bertz CT molecular complexity index is 617. The Morgan fingerprint density at radius 1 is 1.37 bits per heavy atom. The lowest BCUT2D eigenvalue weighted by molar-refractivity contribution is -0.255. The molecule has 0 aliphatic rings. The molecule has 5 nitrogen and oxygen atoms in total. The summed E-state index contributed by atoms with van der Waals surface area (Å²) in [6.07, 6.45) is 0. The SMILES string of the molecule is COc1ccc(C(=O)[O-])cc1Cn1nc(C)cc1C. The summed E-state index contributed by atoms with van der Waals surface area (Å²) in [6.45, 7) is 4.33. The summed E-state index contributed by atoms with van der Waals surface area (Å²) in [6, 6.07) is 6.63. The summed E-state index contributed by atoms with van der Waals surface area (Å²) in [4.78, 5) is 10.9. The number of rotatable bonds is 4. The molecule has 0 unspecified atom stereocenters. The van der Waals surface area contributed by atoms with Crippen molar-refractivity contribution in [2.24, 2.45) is 0 Å². The summed E-state index contributed by atoms with van der Waals surface area (Å²) < 4.78 is 7.06. The van der Waals surface area contributed by atoms with Crippen LogP contribution < -0.4 is 9.84 Å². The number of aromatic carboxylic acids is 1. The van der Waals surface area contributed by atoms with Gasteiger partial charge in [0.15, 0.2) is 0 Å². The first-order valence-electron chi connectivity index (χ1n) is 5.90. The Kier molecular flexibility index (Phi) is 3.55. The second-order valence-corrected chi connectivity index (χ2v) is 4.40. The molecule has 0 amide bonds. The van der Waals surface area contributed by atoms with Crippen LogP contribution in [0.1, 0.15) is 27.3 Å². The molecule has 1 aromatic heterocycles. The molecule has 0 aliphatic heterocycles. The topological polar surface area (TPSA) is 67.2 Å². The van der Waals surface area contributed by atoms with Gasteiger partial charge in [0.25, 0.3) is 0 Å². The molecule has 0 N–H and O–H groups in total. The number of carboxylic acid groups (broad SMARTS) is 1. The molecule has 0 aliphatic carbocycles. The average Bonchev–Trinajstić information content (AvgIpc) is 2.67. The summed E-state index contributed by atoms with van der Waals surface area (Å²) in [7, 11) is 1.55. The second kappa shape index (κ2) is 5.14. The first-order chi connectivity index (χ1) is 9.01. The van der Waals surface area contributed by atoms with Crippen LogP contribution in [0.15, 0.2) is 24.3 Å². The fraction of sp³-hybridized carbons (Fsp3) is 0.286. The number of methoxy groups -OCH3 is 1. The summed E-state index contributed by atoms with van der Waals surface area (Å²) in [5, 5.41) is 15.3. The van der Waals surface area contributed by atoms with E-state index in [9.17, 15) is 9.90 Å². The third-order valence-corrected chi connectivity index (χ3v) is 2.94. The Morgan fingerprint density at radius 3 is 2.63 bits per heavy atom. The van der Waals surface area contributed by atoms with E-state index < -0.39 is 5.97 Å². The van der Waals surface area contributed by atoms with Gasteiger partial charge < -0.3 is 14.6 Å². The molecule has 0 spiro atoms. The van der Waals surface area contributed by atoms with E-state index in [-0.39, 0.29) is 5.56 Å². The quantitative estimate of drug-likeness (QED) is 0.819. The number of hydrogen-bond acceptors (Lipinski definition) is 4. The molecule has 0 saturated heterocycles. The zero-order chi connectivity index (χ0) is 14.0. The maximum atomic E-state index is 10.9. The van der Waals surface area contributed by atoms with Crippen molar-refractivity contribution in [3.05, 3.63) is 46.8 Å². The lowest BCUT2D eigenvalue weighted by Crippen LogP contribution is -2.22. The van der Waals surface area contributed by atoms with Gasteiger partial charge in [0.1, 0.15) is 5.75 Å². The zero-order valence-electron chi connectivity index (χ0n) is 11.1. The van der Waals surface area contributed by atoms with Gasteiger partial charge in [-0.05, 0) is 43.7 Å². The highest BCUT2D eigenvalue weighted by molar-refractivity contribution is 5.86. The van der Waals surface area contributed by atoms with Crippen molar-refractivity contribution >= 4 is 5.97 Å². The largest absolute Gasteiger partial charge is 0.545 e. The van der Waals surface area contributed by atoms with E-state index in [0.717, 1.165) is 17.0 Å². The van der Waals surface area contributed by atoms with Crippen LogP contribution in [-0.4, -0.2) is 22.9 Å². The highest BCUT2D eigenvalue weighted by Gasteiger charge is 2.08. The lowest BCUT2D eigenvalue weighted by Gasteiger charge is -2.12. The number of carbonyl (C=O) groups excluding carboxylic acids is 1. The van der Waals surface area contributed by atoms with Crippen LogP contribution in [0.5, 0.6) is 5.75 Å². The van der Waals surface area contributed by atoms with Crippen molar-refractivity contribution in [3.8, 4) is 5.75 Å². The smallest absolute Gasteiger partial charge is 0.123 e. The summed E-state index contributed by atoms with van der Waals surface area (Å²) in [5.41, 5.74) is 2.83. The molecule has 0 radical (unpaired) electrons. The molecule has 100 valence electrons. The third kappa shape index (κ3) is 2.76. The van der Waals surface area contributed by atoms with Crippen molar-refractivity contribution in [2.45, 2.75) is 20.4 Å². The summed E-state index contributed by atoms with van der Waals surface area (Å²) in [5.74, 6) is -0.560. The number of aryl methyl sites for hydroxylation is 2. The Labute approximate surface area is 111 Å². The molecule has 5 heteroatoms. The molecule has 0 bridgehead atoms. The van der Waals surface area contributed by atoms with Gasteiger partial charge in [-0.2, -0.15) is 5.10 Å². The van der Waals surface area contributed by atoms with E-state index in [1.165, 1.54) is 6.07 Å². The van der Waals surface area contributed by atoms with E-state index in [0.29, 0.717) is 12.3 Å². The number of aromatic nitrogens is 2. The van der Waals surface area contributed by atoms with E-state index in [2.05, 4.69) is 5.10 Å². The van der Waals surface area contributed by atoms with Gasteiger partial charge >= 0.3 is 0 Å². The molecular weight excluding hydrogens is 244 g/mol. The Balaban J connectivity index is 2.39. The standard InChI is InChI=1S/C14H16N2O3/c1-9-6-10(2)16(15-9)8-12-7-11(14(17)18)4-5-13(12)19-3/h4-7H,8H2,1-3H3,(H,17,18)/p-1. The normalized spacial score (nSPS) is 10.5. The Morgan fingerprint density at radius 2 is 2.11 bits per heavy atom. The van der Waals surface area contributed by atoms with Crippen molar-refractivity contribution in [1.82, 2.24) is 9.78 Å². The van der Waals surface area contributed by atoms with Crippen LogP contribution in [0.2, 0.25) is 0 Å². The van der Waals surface area contributed by atoms with Crippen LogP contribution >= 0.6 is 0 Å². The number of hydrogen-bond donors (Lipinski definition) is 0. The fourth-order valence-electron chi connectivity index (χ4n) is 2.03. The first-order valence-corrected chi connectivity index (χ1v) is 5.90.